The molecular weight excluding hydrogens is 312 g/mol. The summed E-state index contributed by atoms with van der Waals surface area (Å²) in [7, 11) is 0. The van der Waals surface area contributed by atoms with Crippen molar-refractivity contribution in [3.8, 4) is 0 Å². The van der Waals surface area contributed by atoms with Gasteiger partial charge in [0.1, 0.15) is 5.56 Å². The van der Waals surface area contributed by atoms with Gasteiger partial charge in [-0.25, -0.2) is 0 Å². The SMILES string of the molecule is CC[C@@H]1Cc2ccccc2CN1C(=O)c1c[nH]c2ccccc2c1=O. The third kappa shape index (κ3) is 2.64. The number of hydrogen-bond acceptors (Lipinski definition) is 2. The predicted octanol–water partition coefficient (Wildman–Crippen LogP) is 3.51. The number of carbonyl (C=O) groups is 1. The largest absolute Gasteiger partial charge is 0.360 e. The van der Waals surface area contributed by atoms with E-state index in [0.717, 1.165) is 23.9 Å². The van der Waals surface area contributed by atoms with Crippen molar-refractivity contribution in [2.75, 3.05) is 0 Å². The second-order valence-electron chi connectivity index (χ2n) is 6.55. The van der Waals surface area contributed by atoms with Crippen molar-refractivity contribution in [2.45, 2.75) is 32.4 Å². The number of para-hydroxylation sites is 1. The summed E-state index contributed by atoms with van der Waals surface area (Å²) in [6, 6.07) is 15.6. The Balaban J connectivity index is 1.75. The summed E-state index contributed by atoms with van der Waals surface area (Å²) in [5.41, 5.74) is 3.23. The van der Waals surface area contributed by atoms with Gasteiger partial charge in [-0.3, -0.25) is 9.59 Å². The zero-order chi connectivity index (χ0) is 17.4. The molecule has 1 N–H and O–H groups in total. The fourth-order valence-corrected chi connectivity index (χ4v) is 3.67. The van der Waals surface area contributed by atoms with E-state index < -0.39 is 0 Å². The maximum absolute atomic E-state index is 13.1. The molecule has 0 unspecified atom stereocenters. The van der Waals surface area contributed by atoms with Gasteiger partial charge in [-0.1, -0.05) is 43.3 Å². The topological polar surface area (TPSA) is 53.2 Å². The molecular formula is C21H20N2O2. The van der Waals surface area contributed by atoms with E-state index in [0.29, 0.717) is 11.9 Å². The fourth-order valence-electron chi connectivity index (χ4n) is 3.67. The lowest BCUT2D eigenvalue weighted by Crippen LogP contribution is -2.45. The Morgan fingerprint density at radius 2 is 1.84 bits per heavy atom. The highest BCUT2D eigenvalue weighted by Crippen LogP contribution is 2.26. The molecule has 126 valence electrons. The van der Waals surface area contributed by atoms with Crippen molar-refractivity contribution in [2.24, 2.45) is 0 Å². The summed E-state index contributed by atoms with van der Waals surface area (Å²) >= 11 is 0. The van der Waals surface area contributed by atoms with Crippen LogP contribution >= 0.6 is 0 Å². The van der Waals surface area contributed by atoms with Crippen molar-refractivity contribution < 1.29 is 4.79 Å². The summed E-state index contributed by atoms with van der Waals surface area (Å²) in [4.78, 5) is 30.9. The Morgan fingerprint density at radius 1 is 1.12 bits per heavy atom. The number of hydrogen-bond donors (Lipinski definition) is 1. The van der Waals surface area contributed by atoms with Crippen molar-refractivity contribution in [1.82, 2.24) is 9.88 Å². The number of fused-ring (bicyclic) bond motifs is 2. The Morgan fingerprint density at radius 3 is 2.64 bits per heavy atom. The molecule has 0 saturated heterocycles. The van der Waals surface area contributed by atoms with Crippen LogP contribution in [-0.4, -0.2) is 21.8 Å². The van der Waals surface area contributed by atoms with Crippen LogP contribution in [-0.2, 0) is 13.0 Å². The molecule has 0 aliphatic carbocycles. The minimum atomic E-state index is -0.201. The van der Waals surface area contributed by atoms with Crippen LogP contribution in [0.3, 0.4) is 0 Å². The lowest BCUT2D eigenvalue weighted by Gasteiger charge is -2.36. The average Bonchev–Trinajstić information content (AvgIpc) is 2.67. The van der Waals surface area contributed by atoms with E-state index >= 15 is 0 Å². The van der Waals surface area contributed by atoms with E-state index in [4.69, 9.17) is 0 Å². The molecule has 2 heterocycles. The van der Waals surface area contributed by atoms with Crippen LogP contribution in [0, 0.1) is 0 Å². The molecule has 1 atom stereocenters. The molecule has 4 nitrogen and oxygen atoms in total. The van der Waals surface area contributed by atoms with E-state index in [1.165, 1.54) is 5.56 Å². The summed E-state index contributed by atoms with van der Waals surface area (Å²) in [6.07, 6.45) is 3.26. The van der Waals surface area contributed by atoms with Gasteiger partial charge in [-0.2, -0.15) is 0 Å². The molecule has 0 fully saturated rings. The molecule has 1 aliphatic rings. The number of nitrogens with zero attached hydrogens (tertiary/aromatic N) is 1. The fraction of sp³-hybridized carbons (Fsp3) is 0.238. The minimum absolute atomic E-state index is 0.119. The molecule has 4 heteroatoms. The zero-order valence-corrected chi connectivity index (χ0v) is 14.2. The smallest absolute Gasteiger partial charge is 0.259 e. The second-order valence-corrected chi connectivity index (χ2v) is 6.55. The number of H-pyrrole nitrogens is 1. The number of amides is 1. The van der Waals surface area contributed by atoms with E-state index in [1.807, 2.05) is 35.2 Å². The van der Waals surface area contributed by atoms with Gasteiger partial charge < -0.3 is 9.88 Å². The lowest BCUT2D eigenvalue weighted by atomic mass is 9.92. The first-order valence-electron chi connectivity index (χ1n) is 8.67. The molecule has 0 radical (unpaired) electrons. The standard InChI is InChI=1S/C21H20N2O2/c1-2-16-11-14-7-3-4-8-15(14)13-23(16)21(25)18-12-22-19-10-6-5-9-17(19)20(18)24/h3-10,12,16H,2,11,13H2,1H3,(H,22,24)/t16-/m1/s1. The Bertz CT molecular complexity index is 1010. The molecule has 3 aromatic rings. The van der Waals surface area contributed by atoms with Crippen molar-refractivity contribution in [3.63, 3.8) is 0 Å². The monoisotopic (exact) mass is 332 g/mol. The van der Waals surface area contributed by atoms with Crippen LogP contribution in [0.25, 0.3) is 10.9 Å². The third-order valence-corrected chi connectivity index (χ3v) is 5.11. The van der Waals surface area contributed by atoms with Gasteiger partial charge in [0.2, 0.25) is 5.43 Å². The number of pyridine rings is 1. The third-order valence-electron chi connectivity index (χ3n) is 5.11. The molecule has 0 bridgehead atoms. The van der Waals surface area contributed by atoms with Gasteiger partial charge >= 0.3 is 0 Å². The van der Waals surface area contributed by atoms with Gasteiger partial charge in [0, 0.05) is 29.7 Å². The average molecular weight is 332 g/mol. The molecule has 0 saturated carbocycles. The second kappa shape index (κ2) is 6.20. The highest BCUT2D eigenvalue weighted by molar-refractivity contribution is 5.97. The zero-order valence-electron chi connectivity index (χ0n) is 14.2. The maximum Gasteiger partial charge on any atom is 0.259 e. The van der Waals surface area contributed by atoms with E-state index in [1.54, 1.807) is 12.3 Å². The molecule has 2 aromatic carbocycles. The molecule has 25 heavy (non-hydrogen) atoms. The first-order valence-corrected chi connectivity index (χ1v) is 8.67. The maximum atomic E-state index is 13.1. The Hall–Kier alpha value is -2.88. The summed E-state index contributed by atoms with van der Waals surface area (Å²) in [6.45, 7) is 2.64. The highest BCUT2D eigenvalue weighted by Gasteiger charge is 2.30. The predicted molar refractivity (Wildman–Crippen MR) is 98.7 cm³/mol. The normalized spacial score (nSPS) is 16.7. The van der Waals surface area contributed by atoms with Crippen LogP contribution in [0.2, 0.25) is 0 Å². The Kier molecular flexibility index (Phi) is 3.88. The van der Waals surface area contributed by atoms with Crippen LogP contribution < -0.4 is 5.43 Å². The number of aromatic nitrogens is 1. The van der Waals surface area contributed by atoms with Gasteiger partial charge in [-0.05, 0) is 36.1 Å². The van der Waals surface area contributed by atoms with E-state index in [9.17, 15) is 9.59 Å². The summed E-state index contributed by atoms with van der Waals surface area (Å²) in [5, 5.41) is 0.554. The highest BCUT2D eigenvalue weighted by atomic mass is 16.2. The quantitative estimate of drug-likeness (QED) is 0.781. The first-order chi connectivity index (χ1) is 12.2. The van der Waals surface area contributed by atoms with Crippen molar-refractivity contribution in [1.29, 1.82) is 0 Å². The summed E-state index contributed by atoms with van der Waals surface area (Å²) in [5.74, 6) is -0.187. The molecule has 1 amide bonds. The van der Waals surface area contributed by atoms with E-state index in [-0.39, 0.29) is 22.9 Å². The number of aromatic amines is 1. The van der Waals surface area contributed by atoms with Gasteiger partial charge in [0.25, 0.3) is 5.91 Å². The molecule has 1 aromatic heterocycles. The lowest BCUT2D eigenvalue weighted by molar-refractivity contribution is 0.0633. The number of rotatable bonds is 2. The van der Waals surface area contributed by atoms with Crippen molar-refractivity contribution >= 4 is 16.8 Å². The molecule has 1 aliphatic heterocycles. The molecule has 0 spiro atoms. The number of nitrogens with one attached hydrogen (secondary N) is 1. The number of carbonyl (C=O) groups excluding carboxylic acids is 1. The minimum Gasteiger partial charge on any atom is -0.360 e. The van der Waals surface area contributed by atoms with Gasteiger partial charge in [-0.15, -0.1) is 0 Å². The first kappa shape index (κ1) is 15.6. The van der Waals surface area contributed by atoms with Crippen LogP contribution in [0.15, 0.2) is 59.5 Å². The molecule has 4 rings (SSSR count). The van der Waals surface area contributed by atoms with Gasteiger partial charge in [0.15, 0.2) is 0 Å². The van der Waals surface area contributed by atoms with Crippen LogP contribution in [0.1, 0.15) is 34.8 Å². The van der Waals surface area contributed by atoms with Gasteiger partial charge in [0.05, 0.1) is 0 Å². The summed E-state index contributed by atoms with van der Waals surface area (Å²) < 4.78 is 0. The van der Waals surface area contributed by atoms with Crippen LogP contribution in [0.4, 0.5) is 0 Å². The number of benzene rings is 2. The van der Waals surface area contributed by atoms with Crippen LogP contribution in [0.5, 0.6) is 0 Å². The van der Waals surface area contributed by atoms with E-state index in [2.05, 4.69) is 24.0 Å². The Labute approximate surface area is 146 Å². The van der Waals surface area contributed by atoms with Crippen molar-refractivity contribution in [3.05, 3.63) is 81.6 Å².